The molecule has 32 heavy (non-hydrogen) atoms. The number of hydrogen-bond acceptors (Lipinski definition) is 4. The molecule has 188 valence electrons. The SMILES string of the molecule is CCCCCCCCCCCCCCCCCC[SH+]Cc1ccccc1.COS(=O)(=O)[O-]. The molecule has 0 N–H and O–H groups in total. The average Bonchev–Trinajstić information content (AvgIpc) is 2.79. The molecule has 0 fully saturated rings. The molecule has 0 aromatic heterocycles. The van der Waals surface area contributed by atoms with Gasteiger partial charge in [0.05, 0.1) is 7.11 Å². The van der Waals surface area contributed by atoms with Crippen molar-refractivity contribution in [1.29, 1.82) is 0 Å². The Morgan fingerprint density at radius 1 is 0.719 bits per heavy atom. The van der Waals surface area contributed by atoms with E-state index in [0.29, 0.717) is 0 Å². The molecule has 0 saturated heterocycles. The maximum absolute atomic E-state index is 9.22. The summed E-state index contributed by atoms with van der Waals surface area (Å²) in [6, 6.07) is 10.9. The highest BCUT2D eigenvalue weighted by molar-refractivity contribution is 7.80. The van der Waals surface area contributed by atoms with Gasteiger partial charge in [-0.25, -0.2) is 8.42 Å². The minimum absolute atomic E-state index is 0.808. The van der Waals surface area contributed by atoms with E-state index in [1.165, 1.54) is 120 Å². The van der Waals surface area contributed by atoms with Gasteiger partial charge < -0.3 is 4.55 Å². The summed E-state index contributed by atoms with van der Waals surface area (Å²) >= 11 is 1.61. The monoisotopic (exact) mass is 488 g/mol. The third-order valence-corrected chi connectivity index (χ3v) is 7.14. The first kappa shape index (κ1) is 31.4. The largest absolute Gasteiger partial charge is 0.726 e. The fourth-order valence-corrected chi connectivity index (χ4v) is 4.64. The molecule has 0 spiro atoms. The lowest BCUT2D eigenvalue weighted by Crippen LogP contribution is -1.97. The number of thiol groups is 1. The van der Waals surface area contributed by atoms with Crippen molar-refractivity contribution in [3.63, 3.8) is 0 Å². The van der Waals surface area contributed by atoms with Crippen LogP contribution >= 0.6 is 0 Å². The summed E-state index contributed by atoms with van der Waals surface area (Å²) < 4.78 is 31.0. The van der Waals surface area contributed by atoms with E-state index >= 15 is 0 Å². The van der Waals surface area contributed by atoms with Gasteiger partial charge in [0, 0.05) is 5.56 Å². The molecule has 0 unspecified atom stereocenters. The van der Waals surface area contributed by atoms with Crippen molar-refractivity contribution in [2.24, 2.45) is 0 Å². The minimum Gasteiger partial charge on any atom is -0.726 e. The highest BCUT2D eigenvalue weighted by Crippen LogP contribution is 2.13. The van der Waals surface area contributed by atoms with Gasteiger partial charge >= 0.3 is 0 Å². The van der Waals surface area contributed by atoms with Crippen LogP contribution in [-0.2, 0) is 32.1 Å². The van der Waals surface area contributed by atoms with Crippen LogP contribution in [-0.4, -0.2) is 25.8 Å². The van der Waals surface area contributed by atoms with E-state index in [-0.39, 0.29) is 0 Å². The summed E-state index contributed by atoms with van der Waals surface area (Å²) in [6.45, 7) is 2.30. The Morgan fingerprint density at radius 3 is 1.47 bits per heavy atom. The quantitative estimate of drug-likeness (QED) is 0.0632. The molecule has 0 radical (unpaired) electrons. The summed E-state index contributed by atoms with van der Waals surface area (Å²) in [5.41, 5.74) is 1.49. The summed E-state index contributed by atoms with van der Waals surface area (Å²) in [7, 11) is -3.60. The van der Waals surface area contributed by atoms with E-state index in [1.807, 2.05) is 0 Å². The number of hydrogen-bond donors (Lipinski definition) is 0. The van der Waals surface area contributed by atoms with Crippen LogP contribution in [0.25, 0.3) is 0 Å². The Hall–Kier alpha value is -0.560. The van der Waals surface area contributed by atoms with Crippen LogP contribution < -0.4 is 0 Å². The standard InChI is InChI=1S/C25H44S.CH4O4S/c1-2-3-4-5-6-7-8-9-10-11-12-13-14-15-16-20-23-26-24-25-21-18-17-19-22-25;1-5-6(2,3)4/h17-19,21-22H,2-16,20,23-24H2,1H3;1H3,(H,2,3,4). The molecule has 0 aliphatic rings. The zero-order valence-electron chi connectivity index (χ0n) is 20.6. The van der Waals surface area contributed by atoms with Crippen LogP contribution in [0.15, 0.2) is 30.3 Å². The number of benzene rings is 1. The number of unbranched alkanes of at least 4 members (excludes halogenated alkanes) is 15. The summed E-state index contributed by atoms with van der Waals surface area (Å²) in [4.78, 5) is 0. The molecular formula is C26H48O4S2. The maximum atomic E-state index is 9.22. The van der Waals surface area contributed by atoms with Gasteiger partial charge in [0.1, 0.15) is 11.5 Å². The van der Waals surface area contributed by atoms with Gasteiger partial charge in [0.15, 0.2) is 0 Å². The smallest absolute Gasteiger partial charge is 0.217 e. The van der Waals surface area contributed by atoms with E-state index < -0.39 is 10.4 Å². The molecule has 0 aliphatic heterocycles. The Labute approximate surface area is 203 Å². The van der Waals surface area contributed by atoms with Crippen molar-refractivity contribution >= 4 is 22.2 Å². The fraction of sp³-hybridized carbons (Fsp3) is 0.769. The molecule has 0 saturated carbocycles. The van der Waals surface area contributed by atoms with Crippen molar-refractivity contribution in [3.05, 3.63) is 35.9 Å². The molecule has 0 atom stereocenters. The minimum atomic E-state index is -4.41. The molecule has 0 amide bonds. The Bertz CT molecular complexity index is 591. The van der Waals surface area contributed by atoms with Crippen molar-refractivity contribution < 1.29 is 17.2 Å². The van der Waals surface area contributed by atoms with E-state index in [9.17, 15) is 13.0 Å². The van der Waals surface area contributed by atoms with E-state index in [0.717, 1.165) is 7.11 Å². The van der Waals surface area contributed by atoms with Crippen LogP contribution in [0, 0.1) is 0 Å². The zero-order valence-corrected chi connectivity index (χ0v) is 22.3. The van der Waals surface area contributed by atoms with Gasteiger partial charge in [-0.3, -0.25) is 4.18 Å². The van der Waals surface area contributed by atoms with Crippen LogP contribution in [0.4, 0.5) is 0 Å². The Kier molecular flexibility index (Phi) is 23.2. The first-order valence-corrected chi connectivity index (χ1v) is 15.3. The number of rotatable bonds is 20. The molecule has 6 heteroatoms. The predicted molar refractivity (Wildman–Crippen MR) is 140 cm³/mol. The first-order chi connectivity index (χ1) is 15.5. The molecule has 0 heterocycles. The summed E-state index contributed by atoms with van der Waals surface area (Å²) in [5.74, 6) is 2.62. The molecule has 4 nitrogen and oxygen atoms in total. The second-order valence-electron chi connectivity index (χ2n) is 8.47. The Morgan fingerprint density at radius 2 is 1.09 bits per heavy atom. The molecule has 1 aromatic carbocycles. The third kappa shape index (κ3) is 25.7. The van der Waals surface area contributed by atoms with Crippen LogP contribution in [0.5, 0.6) is 0 Å². The van der Waals surface area contributed by atoms with Crippen molar-refractivity contribution in [2.45, 2.75) is 115 Å². The van der Waals surface area contributed by atoms with Crippen molar-refractivity contribution in [3.8, 4) is 0 Å². The normalized spacial score (nSPS) is 11.2. The van der Waals surface area contributed by atoms with Gasteiger partial charge in [-0.15, -0.1) is 0 Å². The topological polar surface area (TPSA) is 66.4 Å². The molecule has 1 rings (SSSR count). The van der Waals surface area contributed by atoms with E-state index in [2.05, 4.69) is 41.4 Å². The lowest BCUT2D eigenvalue weighted by molar-refractivity contribution is 0.314. The highest BCUT2D eigenvalue weighted by Gasteiger charge is 2.00. The van der Waals surface area contributed by atoms with Crippen LogP contribution in [0.3, 0.4) is 0 Å². The second-order valence-corrected chi connectivity index (χ2v) is 10.8. The zero-order chi connectivity index (χ0) is 23.8. The van der Waals surface area contributed by atoms with Gasteiger partial charge in [-0.1, -0.05) is 127 Å². The third-order valence-electron chi connectivity index (χ3n) is 5.51. The lowest BCUT2D eigenvalue weighted by atomic mass is 10.0. The van der Waals surface area contributed by atoms with Gasteiger partial charge in [0.25, 0.3) is 0 Å². The van der Waals surface area contributed by atoms with Gasteiger partial charge in [-0.05, 0) is 24.6 Å². The second kappa shape index (κ2) is 23.6. The van der Waals surface area contributed by atoms with E-state index in [4.69, 9.17) is 0 Å². The van der Waals surface area contributed by atoms with Crippen molar-refractivity contribution in [2.75, 3.05) is 12.9 Å². The van der Waals surface area contributed by atoms with E-state index in [1.54, 1.807) is 11.8 Å². The summed E-state index contributed by atoms with van der Waals surface area (Å²) in [5, 5.41) is 0. The van der Waals surface area contributed by atoms with Crippen LogP contribution in [0.1, 0.15) is 115 Å². The van der Waals surface area contributed by atoms with Gasteiger partial charge in [-0.2, -0.15) is 0 Å². The lowest BCUT2D eigenvalue weighted by Gasteiger charge is -2.03. The molecular weight excluding hydrogens is 440 g/mol. The fourth-order valence-electron chi connectivity index (χ4n) is 3.56. The maximum Gasteiger partial charge on any atom is 0.217 e. The Balaban J connectivity index is 0.00000140. The van der Waals surface area contributed by atoms with Crippen molar-refractivity contribution in [1.82, 2.24) is 0 Å². The first-order valence-electron chi connectivity index (χ1n) is 12.7. The highest BCUT2D eigenvalue weighted by atomic mass is 32.3. The average molecular weight is 489 g/mol. The molecule has 0 aliphatic carbocycles. The van der Waals surface area contributed by atoms with Crippen LogP contribution in [0.2, 0.25) is 0 Å². The van der Waals surface area contributed by atoms with Gasteiger partial charge in [0.2, 0.25) is 10.4 Å². The summed E-state index contributed by atoms with van der Waals surface area (Å²) in [6.07, 6.45) is 23.4. The predicted octanol–water partition coefficient (Wildman–Crippen LogP) is 7.36. The molecule has 0 bridgehead atoms. The molecule has 1 aromatic rings.